The number of halogens is 1. The molecule has 1 aromatic heterocycles. The Labute approximate surface area is 128 Å². The number of nitrogens with zero attached hydrogens (tertiary/aromatic N) is 1. The van der Waals surface area contributed by atoms with Crippen LogP contribution in [0.25, 0.3) is 0 Å². The topological polar surface area (TPSA) is 48.1 Å². The van der Waals surface area contributed by atoms with E-state index in [0.29, 0.717) is 6.61 Å². The van der Waals surface area contributed by atoms with Crippen LogP contribution in [0.15, 0.2) is 47.1 Å². The minimum absolute atomic E-state index is 0.178. The van der Waals surface area contributed by atoms with Crippen LogP contribution in [0.2, 0.25) is 0 Å². The molecule has 0 fully saturated rings. The van der Waals surface area contributed by atoms with Crippen LogP contribution in [0.4, 0.5) is 0 Å². The third kappa shape index (κ3) is 4.62. The molecule has 2 N–H and O–H groups in total. The fraction of sp³-hybridized carbons (Fsp3) is 0.312. The van der Waals surface area contributed by atoms with E-state index >= 15 is 0 Å². The van der Waals surface area contributed by atoms with E-state index in [9.17, 15) is 0 Å². The van der Waals surface area contributed by atoms with Crippen molar-refractivity contribution in [2.24, 2.45) is 5.73 Å². The number of nitrogens with two attached hydrogens (primary N) is 1. The van der Waals surface area contributed by atoms with Gasteiger partial charge in [0, 0.05) is 22.6 Å². The van der Waals surface area contributed by atoms with E-state index in [-0.39, 0.29) is 6.04 Å². The minimum Gasteiger partial charge on any atom is -0.487 e. The maximum absolute atomic E-state index is 5.91. The van der Waals surface area contributed by atoms with Gasteiger partial charge in [-0.15, -0.1) is 0 Å². The molecule has 2 aromatic rings. The standard InChI is InChI=1S/C16H19BrN2O/c1-2-14(18)9-15-7-8-16(10-19-15)20-11-12-3-5-13(17)6-4-12/h3-8,10,14H,2,9,11,18H2,1H3. The van der Waals surface area contributed by atoms with Crippen LogP contribution in [0.3, 0.4) is 0 Å². The molecule has 0 saturated carbocycles. The Morgan fingerprint density at radius 2 is 1.95 bits per heavy atom. The average Bonchev–Trinajstić information content (AvgIpc) is 2.48. The summed E-state index contributed by atoms with van der Waals surface area (Å²) in [5.74, 6) is 0.779. The second-order valence-corrected chi connectivity index (χ2v) is 5.69. The molecule has 0 amide bonds. The summed E-state index contributed by atoms with van der Waals surface area (Å²) in [5, 5.41) is 0. The summed E-state index contributed by atoms with van der Waals surface area (Å²) in [6.07, 6.45) is 3.53. The number of hydrogen-bond donors (Lipinski definition) is 1. The highest BCUT2D eigenvalue weighted by atomic mass is 79.9. The lowest BCUT2D eigenvalue weighted by Crippen LogP contribution is -2.21. The first-order valence-electron chi connectivity index (χ1n) is 6.75. The van der Waals surface area contributed by atoms with Gasteiger partial charge in [0.25, 0.3) is 0 Å². The van der Waals surface area contributed by atoms with Crippen molar-refractivity contribution in [1.82, 2.24) is 4.98 Å². The molecule has 106 valence electrons. The maximum Gasteiger partial charge on any atom is 0.138 e. The van der Waals surface area contributed by atoms with E-state index < -0.39 is 0 Å². The van der Waals surface area contributed by atoms with Gasteiger partial charge in [0.15, 0.2) is 0 Å². The van der Waals surface area contributed by atoms with E-state index in [1.165, 1.54) is 0 Å². The van der Waals surface area contributed by atoms with Gasteiger partial charge in [0.05, 0.1) is 6.20 Å². The Bertz CT molecular complexity index is 525. The summed E-state index contributed by atoms with van der Waals surface area (Å²) in [4.78, 5) is 4.38. The van der Waals surface area contributed by atoms with Crippen LogP contribution in [-0.2, 0) is 13.0 Å². The van der Waals surface area contributed by atoms with Crippen molar-refractivity contribution < 1.29 is 4.74 Å². The number of aromatic nitrogens is 1. The van der Waals surface area contributed by atoms with Crippen molar-refractivity contribution >= 4 is 15.9 Å². The second kappa shape index (κ2) is 7.41. The molecule has 0 spiro atoms. The van der Waals surface area contributed by atoms with Gasteiger partial charge in [-0.25, -0.2) is 0 Å². The van der Waals surface area contributed by atoms with Crippen molar-refractivity contribution in [3.63, 3.8) is 0 Å². The second-order valence-electron chi connectivity index (χ2n) is 4.77. The zero-order valence-electron chi connectivity index (χ0n) is 11.6. The summed E-state index contributed by atoms with van der Waals surface area (Å²) in [6, 6.07) is 12.2. The fourth-order valence-electron chi connectivity index (χ4n) is 1.78. The monoisotopic (exact) mass is 334 g/mol. The first-order chi connectivity index (χ1) is 9.67. The number of ether oxygens (including phenoxy) is 1. The highest BCUT2D eigenvalue weighted by molar-refractivity contribution is 9.10. The zero-order valence-corrected chi connectivity index (χ0v) is 13.1. The summed E-state index contributed by atoms with van der Waals surface area (Å²) in [5.41, 5.74) is 8.05. The molecule has 1 aromatic carbocycles. The fourth-order valence-corrected chi connectivity index (χ4v) is 2.04. The van der Waals surface area contributed by atoms with Gasteiger partial charge in [-0.3, -0.25) is 4.98 Å². The van der Waals surface area contributed by atoms with Crippen LogP contribution < -0.4 is 10.5 Å². The van der Waals surface area contributed by atoms with Crippen LogP contribution >= 0.6 is 15.9 Å². The van der Waals surface area contributed by atoms with E-state index in [4.69, 9.17) is 10.5 Å². The molecule has 1 heterocycles. The molecule has 0 bridgehead atoms. The molecule has 0 aliphatic carbocycles. The predicted octanol–water partition coefficient (Wildman–Crippen LogP) is 3.70. The molecular weight excluding hydrogens is 316 g/mol. The number of benzene rings is 1. The summed E-state index contributed by atoms with van der Waals surface area (Å²) >= 11 is 3.41. The highest BCUT2D eigenvalue weighted by Gasteiger charge is 2.03. The Morgan fingerprint density at radius 3 is 2.55 bits per heavy atom. The predicted molar refractivity (Wildman–Crippen MR) is 84.7 cm³/mol. The molecule has 0 saturated heterocycles. The SMILES string of the molecule is CCC(N)Cc1ccc(OCc2ccc(Br)cc2)cn1. The number of hydrogen-bond acceptors (Lipinski definition) is 3. The van der Waals surface area contributed by atoms with E-state index in [1.54, 1.807) is 6.20 Å². The smallest absolute Gasteiger partial charge is 0.138 e. The molecule has 0 aliphatic heterocycles. The van der Waals surface area contributed by atoms with Crippen LogP contribution in [-0.4, -0.2) is 11.0 Å². The van der Waals surface area contributed by atoms with Gasteiger partial charge < -0.3 is 10.5 Å². The van der Waals surface area contributed by atoms with E-state index in [2.05, 4.69) is 27.8 Å². The molecular formula is C16H19BrN2O. The Balaban J connectivity index is 1.89. The molecule has 1 atom stereocenters. The van der Waals surface area contributed by atoms with E-state index in [0.717, 1.165) is 34.3 Å². The van der Waals surface area contributed by atoms with Crippen LogP contribution in [0, 0.1) is 0 Å². The molecule has 0 radical (unpaired) electrons. The first-order valence-corrected chi connectivity index (χ1v) is 7.54. The van der Waals surface area contributed by atoms with Gasteiger partial charge in [-0.1, -0.05) is 35.0 Å². The molecule has 1 unspecified atom stereocenters. The van der Waals surface area contributed by atoms with E-state index in [1.807, 2.05) is 36.4 Å². The highest BCUT2D eigenvalue weighted by Crippen LogP contribution is 2.15. The third-order valence-electron chi connectivity index (χ3n) is 3.11. The van der Waals surface area contributed by atoms with Gasteiger partial charge in [-0.2, -0.15) is 0 Å². The van der Waals surface area contributed by atoms with Crippen molar-refractivity contribution in [1.29, 1.82) is 0 Å². The summed E-state index contributed by atoms with van der Waals surface area (Å²) in [6.45, 7) is 2.63. The largest absolute Gasteiger partial charge is 0.487 e. The minimum atomic E-state index is 0.178. The number of rotatable bonds is 6. The van der Waals surface area contributed by atoms with Gasteiger partial charge in [0.2, 0.25) is 0 Å². The summed E-state index contributed by atoms with van der Waals surface area (Å²) < 4.78 is 6.78. The van der Waals surface area contributed by atoms with Crippen molar-refractivity contribution in [2.75, 3.05) is 0 Å². The van der Waals surface area contributed by atoms with Crippen molar-refractivity contribution in [3.8, 4) is 5.75 Å². The van der Waals surface area contributed by atoms with Crippen molar-refractivity contribution in [3.05, 3.63) is 58.3 Å². The molecule has 2 rings (SSSR count). The Hall–Kier alpha value is -1.39. The number of pyridine rings is 1. The zero-order chi connectivity index (χ0) is 14.4. The third-order valence-corrected chi connectivity index (χ3v) is 3.64. The normalized spacial score (nSPS) is 12.2. The quantitative estimate of drug-likeness (QED) is 0.876. The molecule has 20 heavy (non-hydrogen) atoms. The Morgan fingerprint density at radius 1 is 1.20 bits per heavy atom. The maximum atomic E-state index is 5.91. The van der Waals surface area contributed by atoms with Crippen LogP contribution in [0.1, 0.15) is 24.6 Å². The van der Waals surface area contributed by atoms with Gasteiger partial charge >= 0.3 is 0 Å². The lowest BCUT2D eigenvalue weighted by molar-refractivity contribution is 0.304. The van der Waals surface area contributed by atoms with Crippen molar-refractivity contribution in [2.45, 2.75) is 32.4 Å². The lowest BCUT2D eigenvalue weighted by atomic mass is 10.1. The lowest BCUT2D eigenvalue weighted by Gasteiger charge is -2.09. The van der Waals surface area contributed by atoms with Gasteiger partial charge in [-0.05, 0) is 36.2 Å². The van der Waals surface area contributed by atoms with Crippen LogP contribution in [0.5, 0.6) is 5.75 Å². The first kappa shape index (κ1) is 15.0. The Kier molecular flexibility index (Phi) is 5.56. The summed E-state index contributed by atoms with van der Waals surface area (Å²) in [7, 11) is 0. The molecule has 0 aliphatic rings. The molecule has 3 nitrogen and oxygen atoms in total. The molecule has 4 heteroatoms. The van der Waals surface area contributed by atoms with Gasteiger partial charge in [0.1, 0.15) is 12.4 Å². The average molecular weight is 335 g/mol.